The number of methoxy groups -OCH3 is 1. The Morgan fingerprint density at radius 3 is 2.04 bits per heavy atom. The largest absolute Gasteiger partial charge is 0.363 e. The van der Waals surface area contributed by atoms with E-state index in [1.807, 2.05) is 0 Å². The first-order chi connectivity index (χ1) is 11.5. The van der Waals surface area contributed by atoms with E-state index in [1.54, 1.807) is 27.7 Å². The zero-order valence-electron chi connectivity index (χ0n) is 15.8. The number of rotatable bonds is 15. The summed E-state index contributed by atoms with van der Waals surface area (Å²) in [6.45, 7) is 7.07. The molecule has 0 aliphatic rings. The highest BCUT2D eigenvalue weighted by atomic mass is 32.2. The Bertz CT molecular complexity index is 479. The van der Waals surface area contributed by atoms with Gasteiger partial charge in [-0.05, 0) is 27.7 Å². The van der Waals surface area contributed by atoms with E-state index in [-0.39, 0.29) is 45.0 Å². The third kappa shape index (κ3) is 14.8. The smallest absolute Gasteiger partial charge is 0.356 e. The van der Waals surface area contributed by atoms with Crippen LogP contribution in [0.5, 0.6) is 0 Å². The van der Waals surface area contributed by atoms with Gasteiger partial charge in [0, 0.05) is 13.5 Å². The summed E-state index contributed by atoms with van der Waals surface area (Å²) in [4.78, 5) is 0. The van der Waals surface area contributed by atoms with Crippen molar-refractivity contribution in [3.05, 3.63) is 0 Å². The standard InChI is InChI=1S/C14H31O9PS/c1-12(2)22-24(15,23-13(3)4)11-20-14(9-19-10-18-5)7-8-21-25(6,16)17/h12-14H,7-11H2,1-6H3/t14-/m0/s1. The fraction of sp³-hybridized carbons (Fsp3) is 1.00. The number of ether oxygens (including phenoxy) is 3. The molecule has 0 fully saturated rings. The van der Waals surface area contributed by atoms with Crippen molar-refractivity contribution in [1.82, 2.24) is 0 Å². The second-order valence-corrected chi connectivity index (χ2v) is 9.47. The van der Waals surface area contributed by atoms with Crippen LogP contribution >= 0.6 is 7.60 Å². The SMILES string of the molecule is COCOC[C@H](CCOS(C)(=O)=O)OCP(=O)(OC(C)C)OC(C)C. The molecule has 0 aliphatic carbocycles. The topological polar surface area (TPSA) is 107 Å². The minimum Gasteiger partial charge on any atom is -0.363 e. The first kappa shape index (κ1) is 24.9. The quantitative estimate of drug-likeness (QED) is 0.175. The Balaban J connectivity index is 4.73. The van der Waals surface area contributed by atoms with Gasteiger partial charge in [-0.3, -0.25) is 8.75 Å². The zero-order valence-corrected chi connectivity index (χ0v) is 17.5. The molecule has 11 heteroatoms. The molecule has 0 aromatic carbocycles. The molecule has 0 bridgehead atoms. The van der Waals surface area contributed by atoms with E-state index in [4.69, 9.17) is 27.4 Å². The number of hydrogen-bond donors (Lipinski definition) is 0. The second-order valence-electron chi connectivity index (χ2n) is 5.93. The Hall–Kier alpha value is -0.0600. The molecule has 0 unspecified atom stereocenters. The molecule has 0 N–H and O–H groups in total. The Kier molecular flexibility index (Phi) is 12.3. The van der Waals surface area contributed by atoms with Crippen molar-refractivity contribution in [2.75, 3.05) is 39.7 Å². The van der Waals surface area contributed by atoms with Crippen molar-refractivity contribution < 1.29 is 40.4 Å². The van der Waals surface area contributed by atoms with E-state index < -0.39 is 23.8 Å². The summed E-state index contributed by atoms with van der Waals surface area (Å²) in [5, 5.41) is 0. The molecule has 0 aliphatic heterocycles. The summed E-state index contributed by atoms with van der Waals surface area (Å²) >= 11 is 0. The Labute approximate surface area is 150 Å². The fourth-order valence-corrected chi connectivity index (χ4v) is 3.98. The van der Waals surface area contributed by atoms with E-state index in [0.717, 1.165) is 6.26 Å². The van der Waals surface area contributed by atoms with Crippen LogP contribution in [-0.4, -0.2) is 66.4 Å². The molecule has 0 spiro atoms. The summed E-state index contributed by atoms with van der Waals surface area (Å²) in [5.41, 5.74) is 0. The normalized spacial score (nSPS) is 14.4. The van der Waals surface area contributed by atoms with Crippen molar-refractivity contribution in [2.45, 2.75) is 52.4 Å². The van der Waals surface area contributed by atoms with Crippen LogP contribution in [0.25, 0.3) is 0 Å². The highest BCUT2D eigenvalue weighted by Gasteiger charge is 2.29. The van der Waals surface area contributed by atoms with Gasteiger partial charge in [-0.25, -0.2) is 0 Å². The molecule has 0 aromatic rings. The van der Waals surface area contributed by atoms with Crippen molar-refractivity contribution >= 4 is 17.7 Å². The lowest BCUT2D eigenvalue weighted by atomic mass is 10.3. The van der Waals surface area contributed by atoms with Gasteiger partial charge in [0.1, 0.15) is 13.1 Å². The van der Waals surface area contributed by atoms with E-state index in [0.29, 0.717) is 0 Å². The van der Waals surface area contributed by atoms with Gasteiger partial charge in [-0.2, -0.15) is 8.42 Å². The van der Waals surface area contributed by atoms with Crippen LogP contribution < -0.4 is 0 Å². The maximum atomic E-state index is 12.7. The van der Waals surface area contributed by atoms with Crippen LogP contribution in [0.1, 0.15) is 34.1 Å². The molecule has 0 rings (SSSR count). The maximum absolute atomic E-state index is 12.7. The van der Waals surface area contributed by atoms with Gasteiger partial charge >= 0.3 is 7.60 Å². The Morgan fingerprint density at radius 1 is 1.04 bits per heavy atom. The third-order valence-corrected chi connectivity index (χ3v) is 5.00. The molecular weight excluding hydrogens is 375 g/mol. The van der Waals surface area contributed by atoms with E-state index in [9.17, 15) is 13.0 Å². The van der Waals surface area contributed by atoms with Crippen molar-refractivity contribution in [1.29, 1.82) is 0 Å². The maximum Gasteiger partial charge on any atom is 0.356 e. The monoisotopic (exact) mass is 406 g/mol. The molecule has 25 heavy (non-hydrogen) atoms. The molecule has 152 valence electrons. The lowest BCUT2D eigenvalue weighted by molar-refractivity contribution is -0.0787. The average Bonchev–Trinajstić information content (AvgIpc) is 2.41. The summed E-state index contributed by atoms with van der Waals surface area (Å²) in [6, 6.07) is 0. The molecule has 0 aromatic heterocycles. The first-order valence-electron chi connectivity index (χ1n) is 7.96. The van der Waals surface area contributed by atoms with Crippen LogP contribution in [-0.2, 0) is 42.1 Å². The van der Waals surface area contributed by atoms with Gasteiger partial charge in [-0.1, -0.05) is 0 Å². The predicted octanol–water partition coefficient (Wildman–Crippen LogP) is 2.36. The number of hydrogen-bond acceptors (Lipinski definition) is 9. The van der Waals surface area contributed by atoms with Gasteiger partial charge in [0.05, 0.1) is 37.8 Å². The highest BCUT2D eigenvalue weighted by Crippen LogP contribution is 2.50. The van der Waals surface area contributed by atoms with Crippen LogP contribution in [0.4, 0.5) is 0 Å². The molecule has 0 amide bonds. The van der Waals surface area contributed by atoms with Crippen molar-refractivity contribution in [3.63, 3.8) is 0 Å². The minimum atomic E-state index is -3.55. The summed E-state index contributed by atoms with van der Waals surface area (Å²) < 4.78 is 65.9. The molecule has 9 nitrogen and oxygen atoms in total. The van der Waals surface area contributed by atoms with Crippen LogP contribution in [0, 0.1) is 0 Å². The van der Waals surface area contributed by atoms with E-state index >= 15 is 0 Å². The average molecular weight is 406 g/mol. The molecular formula is C14H31O9PS. The molecule has 0 radical (unpaired) electrons. The summed E-state index contributed by atoms with van der Waals surface area (Å²) in [6.07, 6.45) is -0.249. The molecule has 0 saturated heterocycles. The van der Waals surface area contributed by atoms with Gasteiger partial charge in [0.2, 0.25) is 0 Å². The van der Waals surface area contributed by atoms with Crippen molar-refractivity contribution in [2.24, 2.45) is 0 Å². The van der Waals surface area contributed by atoms with Crippen LogP contribution in [0.2, 0.25) is 0 Å². The zero-order chi connectivity index (χ0) is 19.5. The van der Waals surface area contributed by atoms with Gasteiger partial charge < -0.3 is 23.3 Å². The van der Waals surface area contributed by atoms with Crippen LogP contribution in [0.3, 0.4) is 0 Å². The molecule has 0 heterocycles. The first-order valence-corrected chi connectivity index (χ1v) is 11.5. The van der Waals surface area contributed by atoms with E-state index in [1.165, 1.54) is 7.11 Å². The van der Waals surface area contributed by atoms with Gasteiger partial charge in [-0.15, -0.1) is 0 Å². The third-order valence-electron chi connectivity index (χ3n) is 2.45. The lowest BCUT2D eigenvalue weighted by Gasteiger charge is -2.25. The highest BCUT2D eigenvalue weighted by molar-refractivity contribution is 7.85. The van der Waals surface area contributed by atoms with E-state index in [2.05, 4.69) is 0 Å². The van der Waals surface area contributed by atoms with Crippen LogP contribution in [0.15, 0.2) is 0 Å². The fourth-order valence-electron chi connectivity index (χ4n) is 1.73. The molecule has 1 atom stereocenters. The summed E-state index contributed by atoms with van der Waals surface area (Å²) in [7, 11) is -5.53. The van der Waals surface area contributed by atoms with Gasteiger partial charge in [0.15, 0.2) is 0 Å². The second kappa shape index (κ2) is 12.3. The Morgan fingerprint density at radius 2 is 1.60 bits per heavy atom. The predicted molar refractivity (Wildman–Crippen MR) is 93.0 cm³/mol. The minimum absolute atomic E-state index is 0.0510. The van der Waals surface area contributed by atoms with Crippen molar-refractivity contribution in [3.8, 4) is 0 Å². The lowest BCUT2D eigenvalue weighted by Crippen LogP contribution is -2.25. The molecule has 0 saturated carbocycles. The summed E-state index contributed by atoms with van der Waals surface area (Å²) in [5.74, 6) is 0. The van der Waals surface area contributed by atoms with Gasteiger partial charge in [0.25, 0.3) is 10.1 Å².